The number of carbonyl (C=O) groups excluding carboxylic acids is 1. The second-order valence-corrected chi connectivity index (χ2v) is 5.52. The van der Waals surface area contributed by atoms with Crippen molar-refractivity contribution < 1.29 is 14.3 Å². The third-order valence-electron chi connectivity index (χ3n) is 2.98. The molecule has 1 aromatic carbocycles. The molecule has 19 heavy (non-hydrogen) atoms. The third-order valence-corrected chi connectivity index (χ3v) is 2.98. The fraction of sp³-hybridized carbons (Fsp3) is 0.533. The Balaban J connectivity index is 2.91. The zero-order valence-electron chi connectivity index (χ0n) is 12.6. The predicted molar refractivity (Wildman–Crippen MR) is 75.6 cm³/mol. The van der Waals surface area contributed by atoms with Gasteiger partial charge >= 0.3 is 0 Å². The standard InChI is InChI=1S/C15H23NO3/c1-10-12(18-5)8-7-11(13(10)19-6)9-16-14(17)15(2,3)4/h7-8H,9H2,1-6H3,(H,16,17). The zero-order chi connectivity index (χ0) is 14.6. The normalized spacial score (nSPS) is 11.1. The molecule has 1 amide bonds. The molecule has 4 nitrogen and oxygen atoms in total. The van der Waals surface area contributed by atoms with Crippen LogP contribution in [0.5, 0.6) is 11.5 Å². The van der Waals surface area contributed by atoms with Crippen LogP contribution in [0.3, 0.4) is 0 Å². The number of ether oxygens (including phenoxy) is 2. The quantitative estimate of drug-likeness (QED) is 0.910. The first-order valence-corrected chi connectivity index (χ1v) is 6.30. The lowest BCUT2D eigenvalue weighted by Crippen LogP contribution is -2.34. The minimum Gasteiger partial charge on any atom is -0.496 e. The van der Waals surface area contributed by atoms with Gasteiger partial charge in [-0.05, 0) is 19.1 Å². The maximum atomic E-state index is 11.9. The molecule has 0 aliphatic heterocycles. The molecule has 0 spiro atoms. The second-order valence-electron chi connectivity index (χ2n) is 5.52. The summed E-state index contributed by atoms with van der Waals surface area (Å²) >= 11 is 0. The fourth-order valence-electron chi connectivity index (χ4n) is 1.81. The van der Waals surface area contributed by atoms with Crippen LogP contribution in [-0.2, 0) is 11.3 Å². The van der Waals surface area contributed by atoms with E-state index in [1.54, 1.807) is 14.2 Å². The van der Waals surface area contributed by atoms with E-state index in [4.69, 9.17) is 9.47 Å². The molecule has 0 bridgehead atoms. The molecule has 0 aliphatic carbocycles. The molecular formula is C15H23NO3. The van der Waals surface area contributed by atoms with E-state index in [0.29, 0.717) is 6.54 Å². The van der Waals surface area contributed by atoms with Crippen molar-refractivity contribution in [3.63, 3.8) is 0 Å². The first-order chi connectivity index (χ1) is 8.81. The number of nitrogens with one attached hydrogen (secondary N) is 1. The van der Waals surface area contributed by atoms with Gasteiger partial charge in [-0.15, -0.1) is 0 Å². The van der Waals surface area contributed by atoms with E-state index in [9.17, 15) is 4.79 Å². The number of amides is 1. The van der Waals surface area contributed by atoms with Gasteiger partial charge in [0, 0.05) is 23.1 Å². The van der Waals surface area contributed by atoms with Gasteiger partial charge in [-0.25, -0.2) is 0 Å². The Kier molecular flexibility index (Phi) is 4.81. The van der Waals surface area contributed by atoms with E-state index in [1.807, 2.05) is 39.8 Å². The predicted octanol–water partition coefficient (Wildman–Crippen LogP) is 2.67. The summed E-state index contributed by atoms with van der Waals surface area (Å²) in [5, 5.41) is 2.92. The molecule has 106 valence electrons. The summed E-state index contributed by atoms with van der Waals surface area (Å²) in [5.74, 6) is 1.55. The summed E-state index contributed by atoms with van der Waals surface area (Å²) in [4.78, 5) is 11.9. The van der Waals surface area contributed by atoms with E-state index in [-0.39, 0.29) is 5.91 Å². The van der Waals surface area contributed by atoms with Gasteiger partial charge in [-0.1, -0.05) is 20.8 Å². The molecule has 0 fully saturated rings. The first-order valence-electron chi connectivity index (χ1n) is 6.30. The van der Waals surface area contributed by atoms with Crippen molar-refractivity contribution in [1.82, 2.24) is 5.32 Å². The van der Waals surface area contributed by atoms with E-state index in [1.165, 1.54) is 0 Å². The minimum absolute atomic E-state index is 0.0167. The number of rotatable bonds is 4. The first kappa shape index (κ1) is 15.3. The molecule has 1 N–H and O–H groups in total. The highest BCUT2D eigenvalue weighted by atomic mass is 16.5. The molecule has 1 aromatic rings. The van der Waals surface area contributed by atoms with Gasteiger partial charge in [0.2, 0.25) is 5.91 Å². The number of methoxy groups -OCH3 is 2. The second kappa shape index (κ2) is 5.95. The highest BCUT2D eigenvalue weighted by Gasteiger charge is 2.21. The molecule has 4 heteroatoms. The van der Waals surface area contributed by atoms with Gasteiger partial charge in [0.15, 0.2) is 0 Å². The zero-order valence-corrected chi connectivity index (χ0v) is 12.6. The molecule has 0 heterocycles. The summed E-state index contributed by atoms with van der Waals surface area (Å²) in [5.41, 5.74) is 1.49. The molecule has 0 radical (unpaired) electrons. The molecule has 0 saturated heterocycles. The summed E-state index contributed by atoms with van der Waals surface area (Å²) < 4.78 is 10.7. The Morgan fingerprint density at radius 3 is 2.32 bits per heavy atom. The van der Waals surface area contributed by atoms with Crippen LogP contribution in [-0.4, -0.2) is 20.1 Å². The largest absolute Gasteiger partial charge is 0.496 e. The number of hydrogen-bond donors (Lipinski definition) is 1. The molecule has 0 atom stereocenters. The van der Waals surface area contributed by atoms with E-state index < -0.39 is 5.41 Å². The van der Waals surface area contributed by atoms with Crippen LogP contribution < -0.4 is 14.8 Å². The van der Waals surface area contributed by atoms with E-state index in [0.717, 1.165) is 22.6 Å². The molecule has 0 aromatic heterocycles. The third kappa shape index (κ3) is 3.63. The van der Waals surface area contributed by atoms with Crippen LogP contribution in [0, 0.1) is 12.3 Å². The lowest BCUT2D eigenvalue weighted by molar-refractivity contribution is -0.128. The average Bonchev–Trinajstić information content (AvgIpc) is 2.34. The molecule has 0 aliphatic rings. The van der Waals surface area contributed by atoms with Gasteiger partial charge in [0.1, 0.15) is 11.5 Å². The molecule has 1 rings (SSSR count). The van der Waals surface area contributed by atoms with Gasteiger partial charge in [0.05, 0.1) is 14.2 Å². The number of hydrogen-bond acceptors (Lipinski definition) is 3. The summed E-state index contributed by atoms with van der Waals surface area (Å²) in [6.07, 6.45) is 0. The maximum Gasteiger partial charge on any atom is 0.225 e. The maximum absolute atomic E-state index is 11.9. The van der Waals surface area contributed by atoms with Crippen molar-refractivity contribution in [1.29, 1.82) is 0 Å². The Bertz CT molecular complexity index is 461. The molecular weight excluding hydrogens is 242 g/mol. The van der Waals surface area contributed by atoms with Gasteiger partial charge < -0.3 is 14.8 Å². The van der Waals surface area contributed by atoms with Crippen LogP contribution in [0.1, 0.15) is 31.9 Å². The van der Waals surface area contributed by atoms with Crippen molar-refractivity contribution in [2.75, 3.05) is 14.2 Å². The SMILES string of the molecule is COc1ccc(CNC(=O)C(C)(C)C)c(OC)c1C. The van der Waals surface area contributed by atoms with Crippen molar-refractivity contribution >= 4 is 5.91 Å². The van der Waals surface area contributed by atoms with Crippen LogP contribution in [0.25, 0.3) is 0 Å². The summed E-state index contributed by atoms with van der Waals surface area (Å²) in [7, 11) is 3.25. The Labute approximate surface area is 115 Å². The topological polar surface area (TPSA) is 47.6 Å². The number of benzene rings is 1. The Hall–Kier alpha value is -1.71. The number of carbonyl (C=O) groups is 1. The highest BCUT2D eigenvalue weighted by Crippen LogP contribution is 2.31. The summed E-state index contributed by atoms with van der Waals surface area (Å²) in [6, 6.07) is 3.80. The van der Waals surface area contributed by atoms with Crippen molar-refractivity contribution in [2.45, 2.75) is 34.2 Å². The molecule has 0 unspecified atom stereocenters. The average molecular weight is 265 g/mol. The monoisotopic (exact) mass is 265 g/mol. The minimum atomic E-state index is -0.394. The van der Waals surface area contributed by atoms with Crippen molar-refractivity contribution in [2.24, 2.45) is 5.41 Å². The van der Waals surface area contributed by atoms with Crippen LogP contribution in [0.15, 0.2) is 12.1 Å². The van der Waals surface area contributed by atoms with Crippen molar-refractivity contribution in [3.05, 3.63) is 23.3 Å². The van der Waals surface area contributed by atoms with Crippen molar-refractivity contribution in [3.8, 4) is 11.5 Å². The van der Waals surface area contributed by atoms with Gasteiger partial charge in [-0.3, -0.25) is 4.79 Å². The van der Waals surface area contributed by atoms with E-state index in [2.05, 4.69) is 5.32 Å². The van der Waals surface area contributed by atoms with Crippen LogP contribution >= 0.6 is 0 Å². The van der Waals surface area contributed by atoms with Crippen LogP contribution in [0.4, 0.5) is 0 Å². The van der Waals surface area contributed by atoms with Gasteiger partial charge in [0.25, 0.3) is 0 Å². The lowest BCUT2D eigenvalue weighted by atomic mass is 9.95. The van der Waals surface area contributed by atoms with Crippen LogP contribution in [0.2, 0.25) is 0 Å². The molecule has 0 saturated carbocycles. The van der Waals surface area contributed by atoms with Gasteiger partial charge in [-0.2, -0.15) is 0 Å². The fourth-order valence-corrected chi connectivity index (χ4v) is 1.81. The van der Waals surface area contributed by atoms with E-state index >= 15 is 0 Å². The summed E-state index contributed by atoms with van der Waals surface area (Å²) in [6.45, 7) is 8.05. The Morgan fingerprint density at radius 2 is 1.84 bits per heavy atom. The smallest absolute Gasteiger partial charge is 0.225 e. The highest BCUT2D eigenvalue weighted by molar-refractivity contribution is 5.81. The lowest BCUT2D eigenvalue weighted by Gasteiger charge is -2.19. The Morgan fingerprint density at radius 1 is 1.21 bits per heavy atom.